The molecule has 2 fully saturated rings. The molecule has 1 N–H and O–H groups in total. The average Bonchev–Trinajstić information content (AvgIpc) is 2.42. The second kappa shape index (κ2) is 7.08. The van der Waals surface area contributed by atoms with Gasteiger partial charge in [0.15, 0.2) is 0 Å². The number of halogens is 4. The summed E-state index contributed by atoms with van der Waals surface area (Å²) in [5, 5.41) is 9.90. The molecule has 0 bridgehead atoms. The van der Waals surface area contributed by atoms with E-state index in [0.717, 1.165) is 32.1 Å². The van der Waals surface area contributed by atoms with Gasteiger partial charge in [0.2, 0.25) is 0 Å². The van der Waals surface area contributed by atoms with Crippen LogP contribution in [0.3, 0.4) is 0 Å². The van der Waals surface area contributed by atoms with Gasteiger partial charge in [0.1, 0.15) is 0 Å². The van der Waals surface area contributed by atoms with Crippen LogP contribution in [0.2, 0.25) is 0 Å². The predicted molar refractivity (Wildman–Crippen MR) is 78.2 cm³/mol. The Morgan fingerprint density at radius 1 is 1.10 bits per heavy atom. The largest absolute Gasteiger partial charge is 0.396 e. The van der Waals surface area contributed by atoms with Crippen molar-refractivity contribution in [3.8, 4) is 0 Å². The van der Waals surface area contributed by atoms with E-state index >= 15 is 0 Å². The number of rotatable bonds is 3. The summed E-state index contributed by atoms with van der Waals surface area (Å²) < 4.78 is 40.2. The van der Waals surface area contributed by atoms with Gasteiger partial charge < -0.3 is 5.11 Å². The maximum atomic E-state index is 13.4. The lowest BCUT2D eigenvalue weighted by Gasteiger charge is -2.43. The van der Waals surface area contributed by atoms with Crippen molar-refractivity contribution in [1.29, 1.82) is 0 Å². The third-order valence-electron chi connectivity index (χ3n) is 5.65. The number of aliphatic hydroxyl groups excluding tert-OH is 1. The summed E-state index contributed by atoms with van der Waals surface area (Å²) in [6, 6.07) is 0. The first-order valence-corrected chi connectivity index (χ1v) is 8.58. The topological polar surface area (TPSA) is 20.2 Å². The fraction of sp³-hybridized carbons (Fsp3) is 1.00. The quantitative estimate of drug-likeness (QED) is 0.723. The van der Waals surface area contributed by atoms with E-state index in [1.807, 2.05) is 6.92 Å². The van der Waals surface area contributed by atoms with Gasteiger partial charge in [0.25, 0.3) is 0 Å². The zero-order chi connectivity index (χ0) is 15.6. The Kier molecular flexibility index (Phi) is 5.86. The van der Waals surface area contributed by atoms with Crippen LogP contribution in [-0.2, 0) is 0 Å². The molecule has 0 spiro atoms. The summed E-state index contributed by atoms with van der Waals surface area (Å²) in [5.74, 6) is -1.54. The Labute approximate surface area is 130 Å². The van der Waals surface area contributed by atoms with Crippen LogP contribution in [0.25, 0.3) is 0 Å². The molecular weight excluding hydrogens is 301 g/mol. The van der Waals surface area contributed by atoms with Crippen molar-refractivity contribution in [2.24, 2.45) is 29.6 Å². The first-order chi connectivity index (χ1) is 9.82. The Morgan fingerprint density at radius 2 is 1.71 bits per heavy atom. The molecule has 0 heterocycles. The van der Waals surface area contributed by atoms with Gasteiger partial charge in [-0.15, -0.1) is 11.6 Å². The second-order valence-corrected chi connectivity index (χ2v) is 7.71. The zero-order valence-corrected chi connectivity index (χ0v) is 13.3. The van der Waals surface area contributed by atoms with Crippen LogP contribution in [0.4, 0.5) is 13.2 Å². The van der Waals surface area contributed by atoms with E-state index in [9.17, 15) is 18.3 Å². The molecule has 5 heteroatoms. The molecule has 2 saturated carbocycles. The van der Waals surface area contributed by atoms with Gasteiger partial charge in [0, 0.05) is 12.0 Å². The van der Waals surface area contributed by atoms with Crippen LogP contribution < -0.4 is 0 Å². The van der Waals surface area contributed by atoms with Gasteiger partial charge in [-0.1, -0.05) is 13.3 Å². The lowest BCUT2D eigenvalue weighted by molar-refractivity contribution is -0.210. The smallest absolute Gasteiger partial charge is 0.392 e. The molecule has 0 amide bonds. The molecule has 124 valence electrons. The van der Waals surface area contributed by atoms with Crippen molar-refractivity contribution in [1.82, 2.24) is 0 Å². The van der Waals surface area contributed by atoms with E-state index in [2.05, 4.69) is 0 Å². The van der Waals surface area contributed by atoms with E-state index in [4.69, 9.17) is 11.6 Å². The Hall–Kier alpha value is 0.0400. The number of aliphatic hydroxyl groups is 1. The molecule has 0 aromatic rings. The Bertz CT molecular complexity index is 326. The van der Waals surface area contributed by atoms with Crippen LogP contribution in [0, 0.1) is 29.6 Å². The lowest BCUT2D eigenvalue weighted by atomic mass is 9.64. The first-order valence-electron chi connectivity index (χ1n) is 8.14. The number of hydrogen-bond acceptors (Lipinski definition) is 1. The van der Waals surface area contributed by atoms with Gasteiger partial charge in [-0.2, -0.15) is 13.2 Å². The minimum absolute atomic E-state index is 0.122. The fourth-order valence-corrected chi connectivity index (χ4v) is 4.69. The molecule has 0 aromatic carbocycles. The van der Waals surface area contributed by atoms with Crippen LogP contribution in [0.1, 0.15) is 51.9 Å². The molecule has 4 atom stereocenters. The van der Waals surface area contributed by atoms with Crippen molar-refractivity contribution < 1.29 is 18.3 Å². The van der Waals surface area contributed by atoms with Gasteiger partial charge in [-0.3, -0.25) is 0 Å². The van der Waals surface area contributed by atoms with E-state index < -0.39 is 18.0 Å². The SMILES string of the molecule is CC1CCC(C(CO)C2CCC(Cl)CC2)C(C(F)(F)F)C1. The molecule has 4 unspecified atom stereocenters. The molecule has 2 aliphatic rings. The van der Waals surface area contributed by atoms with Crippen LogP contribution in [-0.4, -0.2) is 23.3 Å². The molecular formula is C16H26ClF3O. The second-order valence-electron chi connectivity index (χ2n) is 7.09. The first kappa shape index (κ1) is 17.4. The summed E-state index contributed by atoms with van der Waals surface area (Å²) in [6.07, 6.45) is 0.957. The molecule has 2 rings (SSSR count). The maximum absolute atomic E-state index is 13.4. The van der Waals surface area contributed by atoms with Crippen molar-refractivity contribution in [2.75, 3.05) is 6.61 Å². The van der Waals surface area contributed by atoms with Crippen LogP contribution in [0.15, 0.2) is 0 Å². The highest BCUT2D eigenvalue weighted by molar-refractivity contribution is 6.20. The van der Waals surface area contributed by atoms with Crippen LogP contribution in [0.5, 0.6) is 0 Å². The van der Waals surface area contributed by atoms with Gasteiger partial charge in [0.05, 0.1) is 5.92 Å². The fourth-order valence-electron chi connectivity index (χ4n) is 4.43. The minimum atomic E-state index is -4.14. The normalized spacial score (nSPS) is 40.0. The number of hydrogen-bond donors (Lipinski definition) is 1. The molecule has 0 aliphatic heterocycles. The van der Waals surface area contributed by atoms with E-state index in [1.54, 1.807) is 0 Å². The Balaban J connectivity index is 2.11. The summed E-state index contributed by atoms with van der Waals surface area (Å²) in [6.45, 7) is 1.78. The van der Waals surface area contributed by atoms with Crippen molar-refractivity contribution in [3.05, 3.63) is 0 Å². The molecule has 21 heavy (non-hydrogen) atoms. The van der Waals surface area contributed by atoms with E-state index in [0.29, 0.717) is 6.42 Å². The molecule has 2 aliphatic carbocycles. The monoisotopic (exact) mass is 326 g/mol. The summed E-state index contributed by atoms with van der Waals surface area (Å²) in [7, 11) is 0. The lowest BCUT2D eigenvalue weighted by Crippen LogP contribution is -2.43. The summed E-state index contributed by atoms with van der Waals surface area (Å²) in [5.41, 5.74) is 0. The van der Waals surface area contributed by atoms with Crippen molar-refractivity contribution in [3.63, 3.8) is 0 Å². The molecule has 0 saturated heterocycles. The Morgan fingerprint density at radius 3 is 2.24 bits per heavy atom. The highest BCUT2D eigenvalue weighted by Crippen LogP contribution is 2.49. The summed E-state index contributed by atoms with van der Waals surface area (Å²) >= 11 is 6.09. The molecule has 0 aromatic heterocycles. The highest BCUT2D eigenvalue weighted by atomic mass is 35.5. The van der Waals surface area contributed by atoms with Gasteiger partial charge >= 0.3 is 6.18 Å². The average molecular weight is 327 g/mol. The van der Waals surface area contributed by atoms with Crippen molar-refractivity contribution in [2.45, 2.75) is 63.4 Å². The third-order valence-corrected chi connectivity index (χ3v) is 6.09. The molecule has 0 radical (unpaired) electrons. The summed E-state index contributed by atoms with van der Waals surface area (Å²) in [4.78, 5) is 0. The highest BCUT2D eigenvalue weighted by Gasteiger charge is 2.50. The number of alkyl halides is 4. The third kappa shape index (κ3) is 4.28. The van der Waals surface area contributed by atoms with Gasteiger partial charge in [-0.05, 0) is 62.2 Å². The van der Waals surface area contributed by atoms with Gasteiger partial charge in [-0.25, -0.2) is 0 Å². The van der Waals surface area contributed by atoms with Crippen molar-refractivity contribution >= 4 is 11.6 Å². The van der Waals surface area contributed by atoms with E-state index in [1.165, 1.54) is 0 Å². The van der Waals surface area contributed by atoms with Crippen LogP contribution >= 0.6 is 11.6 Å². The standard InChI is InChI=1S/C16H26ClF3O/c1-10-2-7-13(15(8-10)16(18,19)20)14(9-21)11-3-5-12(17)6-4-11/h10-15,21H,2-9H2,1H3. The maximum Gasteiger partial charge on any atom is 0.392 e. The van der Waals surface area contributed by atoms with E-state index in [-0.39, 0.29) is 36.2 Å². The predicted octanol–water partition coefficient (Wildman–Crippen LogP) is 5.01. The minimum Gasteiger partial charge on any atom is -0.396 e. The zero-order valence-electron chi connectivity index (χ0n) is 12.6. The molecule has 1 nitrogen and oxygen atoms in total.